The summed E-state index contributed by atoms with van der Waals surface area (Å²) < 4.78 is 0. The van der Waals surface area contributed by atoms with Gasteiger partial charge in [-0.05, 0) is 30.8 Å². The molecule has 0 fully saturated rings. The molecule has 202 valence electrons. The first kappa shape index (κ1) is 30.9. The number of nitrogens with two attached hydrogens (primary N) is 1. The molecule has 14 heteroatoms. The summed E-state index contributed by atoms with van der Waals surface area (Å²) in [6, 6.07) is -4.43. The third kappa shape index (κ3) is 10.6. The molecule has 1 aromatic rings. The van der Waals surface area contributed by atoms with E-state index in [0.717, 1.165) is 0 Å². The number of H-pyrrole nitrogens is 1. The van der Waals surface area contributed by atoms with E-state index in [2.05, 4.69) is 25.9 Å². The Balaban J connectivity index is 2.94. The third-order valence-corrected chi connectivity index (χ3v) is 6.27. The van der Waals surface area contributed by atoms with Crippen molar-refractivity contribution in [3.8, 4) is 0 Å². The van der Waals surface area contributed by atoms with Crippen molar-refractivity contribution < 1.29 is 34.2 Å². The van der Waals surface area contributed by atoms with Gasteiger partial charge in [0.05, 0.1) is 12.4 Å². The van der Waals surface area contributed by atoms with Crippen molar-refractivity contribution in [2.45, 2.75) is 70.1 Å². The number of hydrogen-bond donors (Lipinski definition) is 7. The summed E-state index contributed by atoms with van der Waals surface area (Å²) in [5.74, 6) is -4.28. The van der Waals surface area contributed by atoms with Crippen LogP contribution in [0.3, 0.4) is 0 Å². The molecule has 0 radical (unpaired) electrons. The van der Waals surface area contributed by atoms with Crippen LogP contribution in [-0.4, -0.2) is 86.0 Å². The van der Waals surface area contributed by atoms with Gasteiger partial charge in [-0.25, -0.2) is 9.78 Å². The molecular formula is C22H36N6O7S. The normalized spacial score (nSPS) is 15.1. The Hall–Kier alpha value is -3.13. The fourth-order valence-corrected chi connectivity index (χ4v) is 3.72. The van der Waals surface area contributed by atoms with Crippen LogP contribution in [0.25, 0.3) is 0 Å². The fourth-order valence-electron chi connectivity index (χ4n) is 3.25. The number of hydrogen-bond acceptors (Lipinski definition) is 8. The van der Waals surface area contributed by atoms with Gasteiger partial charge in [0.15, 0.2) is 0 Å². The number of carboxylic acid groups (broad SMARTS) is 2. The molecule has 0 aliphatic heterocycles. The number of aromatic nitrogens is 2. The zero-order chi connectivity index (χ0) is 27.3. The quantitative estimate of drug-likeness (QED) is 0.137. The molecule has 0 spiro atoms. The second-order valence-corrected chi connectivity index (χ2v) is 9.42. The van der Waals surface area contributed by atoms with Gasteiger partial charge >= 0.3 is 11.9 Å². The van der Waals surface area contributed by atoms with Gasteiger partial charge in [0, 0.05) is 24.7 Å². The van der Waals surface area contributed by atoms with Crippen molar-refractivity contribution in [3.63, 3.8) is 0 Å². The second kappa shape index (κ2) is 15.8. The summed E-state index contributed by atoms with van der Waals surface area (Å²) in [5, 5.41) is 25.8. The number of amides is 3. The van der Waals surface area contributed by atoms with E-state index in [-0.39, 0.29) is 25.2 Å². The van der Waals surface area contributed by atoms with Crippen molar-refractivity contribution in [2.75, 3.05) is 12.0 Å². The molecule has 13 nitrogen and oxygen atoms in total. The lowest BCUT2D eigenvalue weighted by Crippen LogP contribution is -2.59. The number of imidazole rings is 1. The number of rotatable bonds is 17. The molecule has 36 heavy (non-hydrogen) atoms. The summed E-state index contributed by atoms with van der Waals surface area (Å²) >= 11 is 1.43. The fraction of sp³-hybridized carbons (Fsp3) is 0.636. The van der Waals surface area contributed by atoms with Gasteiger partial charge in [0.25, 0.3) is 0 Å². The van der Waals surface area contributed by atoms with Gasteiger partial charge in [-0.15, -0.1) is 0 Å². The van der Waals surface area contributed by atoms with Crippen LogP contribution >= 0.6 is 11.8 Å². The summed E-state index contributed by atoms with van der Waals surface area (Å²) in [5.41, 5.74) is 6.65. The maximum Gasteiger partial charge on any atom is 0.326 e. The molecular weight excluding hydrogens is 492 g/mol. The first-order valence-corrected chi connectivity index (χ1v) is 13.0. The molecule has 0 saturated carbocycles. The number of aliphatic carboxylic acids is 2. The van der Waals surface area contributed by atoms with Crippen LogP contribution < -0.4 is 21.7 Å². The van der Waals surface area contributed by atoms with E-state index < -0.39 is 60.2 Å². The van der Waals surface area contributed by atoms with E-state index in [1.807, 2.05) is 13.2 Å². The van der Waals surface area contributed by atoms with Gasteiger partial charge in [0.2, 0.25) is 17.7 Å². The summed E-state index contributed by atoms with van der Waals surface area (Å²) in [4.78, 5) is 67.7. The Kier molecular flexibility index (Phi) is 13.5. The average Bonchev–Trinajstić information content (AvgIpc) is 3.34. The SMILES string of the molecule is CCC(C)C(NC(=O)C(N)Cc1cnc[nH]1)C(=O)NC(CCSC)C(=O)NC(CCC(=O)O)C(=O)O. The number of carbonyl (C=O) groups is 5. The van der Waals surface area contributed by atoms with E-state index in [1.165, 1.54) is 18.1 Å². The molecule has 0 aliphatic rings. The molecule has 5 atom stereocenters. The summed E-state index contributed by atoms with van der Waals surface area (Å²) in [7, 11) is 0. The number of nitrogens with one attached hydrogen (secondary N) is 4. The van der Waals surface area contributed by atoms with Crippen molar-refractivity contribution >= 4 is 41.4 Å². The monoisotopic (exact) mass is 528 g/mol. The van der Waals surface area contributed by atoms with Gasteiger partial charge in [0.1, 0.15) is 18.1 Å². The van der Waals surface area contributed by atoms with Crippen LogP contribution in [0, 0.1) is 5.92 Å². The van der Waals surface area contributed by atoms with Crippen molar-refractivity contribution in [3.05, 3.63) is 18.2 Å². The maximum atomic E-state index is 13.2. The highest BCUT2D eigenvalue weighted by atomic mass is 32.2. The molecule has 0 aromatic carbocycles. The van der Waals surface area contributed by atoms with Crippen LogP contribution in [0.15, 0.2) is 12.5 Å². The first-order chi connectivity index (χ1) is 17.0. The number of nitrogens with zero attached hydrogens (tertiary/aromatic N) is 1. The van der Waals surface area contributed by atoms with Crippen LogP contribution in [0.2, 0.25) is 0 Å². The van der Waals surface area contributed by atoms with Gasteiger partial charge < -0.3 is 36.9 Å². The smallest absolute Gasteiger partial charge is 0.326 e. The number of aromatic amines is 1. The number of thioether (sulfide) groups is 1. The highest BCUT2D eigenvalue weighted by molar-refractivity contribution is 7.98. The molecule has 0 aliphatic carbocycles. The molecule has 5 unspecified atom stereocenters. The van der Waals surface area contributed by atoms with Crippen LogP contribution in [0.4, 0.5) is 0 Å². The summed E-state index contributed by atoms with van der Waals surface area (Å²) in [6.45, 7) is 3.62. The zero-order valence-electron chi connectivity index (χ0n) is 20.7. The topological polar surface area (TPSA) is 217 Å². The lowest BCUT2D eigenvalue weighted by molar-refractivity contribution is -0.143. The van der Waals surface area contributed by atoms with E-state index in [4.69, 9.17) is 10.8 Å². The Morgan fingerprint density at radius 2 is 1.72 bits per heavy atom. The van der Waals surface area contributed by atoms with Gasteiger partial charge in [-0.1, -0.05) is 20.3 Å². The average molecular weight is 529 g/mol. The molecule has 0 bridgehead atoms. The van der Waals surface area contributed by atoms with Crippen molar-refractivity contribution in [1.82, 2.24) is 25.9 Å². The van der Waals surface area contributed by atoms with E-state index in [0.29, 0.717) is 17.9 Å². The van der Waals surface area contributed by atoms with Crippen molar-refractivity contribution in [2.24, 2.45) is 11.7 Å². The minimum Gasteiger partial charge on any atom is -0.481 e. The largest absolute Gasteiger partial charge is 0.481 e. The predicted molar refractivity (Wildman–Crippen MR) is 133 cm³/mol. The minimum atomic E-state index is -1.42. The highest BCUT2D eigenvalue weighted by Crippen LogP contribution is 2.11. The lowest BCUT2D eigenvalue weighted by Gasteiger charge is -2.28. The van der Waals surface area contributed by atoms with Crippen LogP contribution in [0.1, 0.15) is 45.2 Å². The van der Waals surface area contributed by atoms with Gasteiger partial charge in [-0.3, -0.25) is 19.2 Å². The maximum absolute atomic E-state index is 13.2. The molecule has 3 amide bonds. The summed E-state index contributed by atoms with van der Waals surface area (Å²) in [6.07, 6.45) is 5.00. The molecule has 1 rings (SSSR count). The molecule has 1 aromatic heterocycles. The van der Waals surface area contributed by atoms with E-state index in [1.54, 1.807) is 13.1 Å². The van der Waals surface area contributed by atoms with E-state index in [9.17, 15) is 29.1 Å². The minimum absolute atomic E-state index is 0.187. The lowest BCUT2D eigenvalue weighted by atomic mass is 9.97. The zero-order valence-corrected chi connectivity index (χ0v) is 21.5. The van der Waals surface area contributed by atoms with E-state index >= 15 is 0 Å². The molecule has 0 saturated heterocycles. The number of carboxylic acids is 2. The molecule has 1 heterocycles. The first-order valence-electron chi connectivity index (χ1n) is 11.6. The standard InChI is InChI=1S/C22H36N6O7S/c1-4-12(2)18(28-19(31)14(23)9-13-10-24-11-25-13)21(33)26-15(7-8-36-3)20(32)27-16(22(34)35)5-6-17(29)30/h10-12,14-16,18H,4-9,23H2,1-3H3,(H,24,25)(H,26,33)(H,27,32)(H,28,31)(H,29,30)(H,34,35). The molecule has 8 N–H and O–H groups in total. The Labute approximate surface area is 213 Å². The van der Waals surface area contributed by atoms with Crippen LogP contribution in [0.5, 0.6) is 0 Å². The predicted octanol–water partition coefficient (Wildman–Crippen LogP) is -0.517. The highest BCUT2D eigenvalue weighted by Gasteiger charge is 2.32. The number of carbonyl (C=O) groups excluding carboxylic acids is 3. The van der Waals surface area contributed by atoms with Crippen LogP contribution in [-0.2, 0) is 30.4 Å². The Morgan fingerprint density at radius 3 is 2.25 bits per heavy atom. The van der Waals surface area contributed by atoms with Gasteiger partial charge in [-0.2, -0.15) is 11.8 Å². The second-order valence-electron chi connectivity index (χ2n) is 8.43. The van der Waals surface area contributed by atoms with Crippen molar-refractivity contribution in [1.29, 1.82) is 0 Å². The third-order valence-electron chi connectivity index (χ3n) is 5.63. The Morgan fingerprint density at radius 1 is 1.06 bits per heavy atom. The Bertz CT molecular complexity index is 882.